The smallest absolute Gasteiger partial charge is 0.117 e. The van der Waals surface area contributed by atoms with Gasteiger partial charge in [0.25, 0.3) is 0 Å². The molecule has 0 spiro atoms. The molecule has 1 aromatic heterocycles. The fourth-order valence-electron chi connectivity index (χ4n) is 7.19. The van der Waals surface area contributed by atoms with Gasteiger partial charge in [-0.3, -0.25) is 15.8 Å². The summed E-state index contributed by atoms with van der Waals surface area (Å²) in [5.41, 5.74) is 13.5. The van der Waals surface area contributed by atoms with Gasteiger partial charge in [0.15, 0.2) is 0 Å². The van der Waals surface area contributed by atoms with E-state index in [9.17, 15) is 5.41 Å². The zero-order valence-corrected chi connectivity index (χ0v) is 26.6. The summed E-state index contributed by atoms with van der Waals surface area (Å²) in [6, 6.07) is 52.7. The van der Waals surface area contributed by atoms with E-state index in [-0.39, 0.29) is 0 Å². The highest BCUT2D eigenvalue weighted by molar-refractivity contribution is 6.65. The monoisotopic (exact) mass is 626 g/mol. The van der Waals surface area contributed by atoms with Crippen LogP contribution in [0.5, 0.6) is 0 Å². The second-order valence-corrected chi connectivity index (χ2v) is 12.3. The SMILES string of the molecule is N=C1C(c2c3ccccc3c(-c3cccc4ccccc34)c3ccccc23)=Cc2ccccc2/C1=N/Nc1ccc(-c2cccnc2)cc1. The third kappa shape index (κ3) is 4.90. The van der Waals surface area contributed by atoms with Gasteiger partial charge in [-0.25, -0.2) is 0 Å². The van der Waals surface area contributed by atoms with Crippen molar-refractivity contribution in [1.29, 1.82) is 5.41 Å². The molecule has 49 heavy (non-hydrogen) atoms. The molecular formula is C45H30N4. The van der Waals surface area contributed by atoms with E-state index in [1.165, 1.54) is 21.9 Å². The fourth-order valence-corrected chi connectivity index (χ4v) is 7.19. The van der Waals surface area contributed by atoms with Crippen molar-refractivity contribution in [3.8, 4) is 22.3 Å². The molecule has 0 unspecified atom stereocenters. The summed E-state index contributed by atoms with van der Waals surface area (Å²) >= 11 is 0. The predicted molar refractivity (Wildman–Crippen MR) is 206 cm³/mol. The van der Waals surface area contributed by atoms with Crippen LogP contribution in [0.2, 0.25) is 0 Å². The number of nitrogens with one attached hydrogen (secondary N) is 2. The van der Waals surface area contributed by atoms with Crippen molar-refractivity contribution in [1.82, 2.24) is 4.98 Å². The Morgan fingerprint density at radius 2 is 1.12 bits per heavy atom. The molecule has 0 amide bonds. The first kappa shape index (κ1) is 28.6. The number of anilines is 1. The molecule has 0 radical (unpaired) electrons. The van der Waals surface area contributed by atoms with Crippen molar-refractivity contribution in [2.45, 2.75) is 0 Å². The molecule has 0 atom stereocenters. The summed E-state index contributed by atoms with van der Waals surface area (Å²) in [7, 11) is 0. The number of allylic oxidation sites excluding steroid dienone is 1. The maximum absolute atomic E-state index is 9.71. The van der Waals surface area contributed by atoms with Gasteiger partial charge in [0, 0.05) is 23.5 Å². The number of benzene rings is 7. The van der Waals surface area contributed by atoms with Gasteiger partial charge in [-0.05, 0) is 90.0 Å². The lowest BCUT2D eigenvalue weighted by Crippen LogP contribution is -2.22. The molecule has 9 rings (SSSR count). The minimum Gasteiger partial charge on any atom is -0.298 e. The van der Waals surface area contributed by atoms with Crippen molar-refractivity contribution in [3.63, 3.8) is 0 Å². The van der Waals surface area contributed by atoms with Crippen LogP contribution >= 0.6 is 0 Å². The molecule has 1 aliphatic carbocycles. The van der Waals surface area contributed by atoms with Crippen LogP contribution in [0.15, 0.2) is 169 Å². The van der Waals surface area contributed by atoms with Crippen LogP contribution in [0.25, 0.3) is 66.2 Å². The summed E-state index contributed by atoms with van der Waals surface area (Å²) < 4.78 is 0. The Bertz CT molecular complexity index is 2570. The van der Waals surface area contributed by atoms with E-state index >= 15 is 0 Å². The molecule has 8 aromatic rings. The number of fused-ring (bicyclic) bond motifs is 4. The van der Waals surface area contributed by atoms with Gasteiger partial charge >= 0.3 is 0 Å². The Balaban J connectivity index is 1.21. The lowest BCUT2D eigenvalue weighted by atomic mass is 9.80. The predicted octanol–water partition coefficient (Wildman–Crippen LogP) is 11.3. The highest BCUT2D eigenvalue weighted by Crippen LogP contribution is 2.45. The third-order valence-electron chi connectivity index (χ3n) is 9.46. The summed E-state index contributed by atoms with van der Waals surface area (Å²) in [5.74, 6) is 0. The second-order valence-electron chi connectivity index (χ2n) is 12.3. The lowest BCUT2D eigenvalue weighted by Gasteiger charge is -2.24. The van der Waals surface area contributed by atoms with Crippen LogP contribution in [-0.4, -0.2) is 16.4 Å². The Morgan fingerprint density at radius 1 is 0.510 bits per heavy atom. The molecule has 4 heteroatoms. The molecule has 2 N–H and O–H groups in total. The Morgan fingerprint density at radius 3 is 1.84 bits per heavy atom. The van der Waals surface area contributed by atoms with Gasteiger partial charge in [-0.1, -0.05) is 133 Å². The molecule has 0 aliphatic heterocycles. The number of rotatable bonds is 5. The lowest BCUT2D eigenvalue weighted by molar-refractivity contribution is 1.32. The molecule has 0 saturated carbocycles. The standard InChI is InChI=1S/C45H30N4/c46-44-41(27-31-12-2-4-16-35(31)45(44)49-48-33-24-22-29(23-25-33)32-14-10-26-47-28-32)43-39-19-7-5-17-37(39)42(38-18-6-8-20-40(38)43)36-21-9-13-30-11-1-3-15-34(30)36/h1-28,46,48H/b46-44?,49-45-. The molecule has 7 aromatic carbocycles. The Labute approximate surface area is 284 Å². The van der Waals surface area contributed by atoms with Crippen molar-refractivity contribution in [2.75, 3.05) is 5.43 Å². The highest BCUT2D eigenvalue weighted by atomic mass is 15.3. The van der Waals surface area contributed by atoms with Crippen LogP contribution in [0.4, 0.5) is 5.69 Å². The fraction of sp³-hybridized carbons (Fsp3) is 0. The van der Waals surface area contributed by atoms with Crippen molar-refractivity contribution in [3.05, 3.63) is 181 Å². The third-order valence-corrected chi connectivity index (χ3v) is 9.46. The highest BCUT2D eigenvalue weighted by Gasteiger charge is 2.27. The van der Waals surface area contributed by atoms with Gasteiger partial charge < -0.3 is 0 Å². The number of pyridine rings is 1. The molecule has 0 fully saturated rings. The van der Waals surface area contributed by atoms with Gasteiger partial charge in [0.2, 0.25) is 0 Å². The largest absolute Gasteiger partial charge is 0.298 e. The quantitative estimate of drug-likeness (QED) is 0.147. The first-order valence-electron chi connectivity index (χ1n) is 16.4. The second kappa shape index (κ2) is 11.9. The molecule has 4 nitrogen and oxygen atoms in total. The maximum Gasteiger partial charge on any atom is 0.117 e. The summed E-state index contributed by atoms with van der Waals surface area (Å²) in [6.07, 6.45) is 5.80. The number of hydrazone groups is 1. The van der Waals surface area contributed by atoms with E-state index < -0.39 is 0 Å². The van der Waals surface area contributed by atoms with Crippen LogP contribution < -0.4 is 5.43 Å². The van der Waals surface area contributed by atoms with Crippen LogP contribution in [0.3, 0.4) is 0 Å². The normalized spacial score (nSPS) is 13.5. The number of aromatic nitrogens is 1. The maximum atomic E-state index is 9.71. The van der Waals surface area contributed by atoms with Crippen LogP contribution in [-0.2, 0) is 0 Å². The summed E-state index contributed by atoms with van der Waals surface area (Å²) in [5, 5.41) is 21.6. The van der Waals surface area contributed by atoms with Gasteiger partial charge in [-0.2, -0.15) is 5.10 Å². The van der Waals surface area contributed by atoms with E-state index in [4.69, 9.17) is 5.10 Å². The first-order valence-corrected chi connectivity index (χ1v) is 16.4. The molecular weight excluding hydrogens is 597 g/mol. The zero-order chi connectivity index (χ0) is 32.7. The minimum atomic E-state index is 0.381. The average molecular weight is 627 g/mol. The minimum absolute atomic E-state index is 0.381. The van der Waals surface area contributed by atoms with Crippen molar-refractivity contribution in [2.24, 2.45) is 5.10 Å². The summed E-state index contributed by atoms with van der Waals surface area (Å²) in [6.45, 7) is 0. The average Bonchev–Trinajstić information content (AvgIpc) is 3.17. The molecule has 1 heterocycles. The Kier molecular flexibility index (Phi) is 6.91. The molecule has 1 aliphatic rings. The first-order chi connectivity index (χ1) is 24.2. The molecule has 230 valence electrons. The number of hydrogen-bond acceptors (Lipinski definition) is 4. The van der Waals surface area contributed by atoms with E-state index in [1.54, 1.807) is 6.20 Å². The van der Waals surface area contributed by atoms with Crippen molar-refractivity contribution < 1.29 is 0 Å². The van der Waals surface area contributed by atoms with E-state index in [0.717, 1.165) is 60.6 Å². The number of nitrogens with zero attached hydrogens (tertiary/aromatic N) is 2. The molecule has 0 bridgehead atoms. The Hall–Kier alpha value is -6.65. The van der Waals surface area contributed by atoms with Crippen LogP contribution in [0.1, 0.15) is 16.7 Å². The molecule has 0 saturated heterocycles. The van der Waals surface area contributed by atoms with Crippen molar-refractivity contribution >= 4 is 61.1 Å². The van der Waals surface area contributed by atoms with Gasteiger partial charge in [0.1, 0.15) is 5.71 Å². The van der Waals surface area contributed by atoms with E-state index in [1.807, 2.05) is 48.7 Å². The van der Waals surface area contributed by atoms with Crippen LogP contribution in [0, 0.1) is 5.41 Å². The van der Waals surface area contributed by atoms with Gasteiger partial charge in [-0.15, -0.1) is 0 Å². The van der Waals surface area contributed by atoms with E-state index in [0.29, 0.717) is 11.4 Å². The topological polar surface area (TPSA) is 61.1 Å². The van der Waals surface area contributed by atoms with Gasteiger partial charge in [0.05, 0.1) is 11.4 Å². The van der Waals surface area contributed by atoms with E-state index in [2.05, 4.69) is 126 Å². The summed E-state index contributed by atoms with van der Waals surface area (Å²) in [4.78, 5) is 4.25. The number of hydrogen-bond donors (Lipinski definition) is 2. The zero-order valence-electron chi connectivity index (χ0n) is 26.6.